The van der Waals surface area contributed by atoms with Crippen molar-refractivity contribution in [1.29, 1.82) is 0 Å². The molecule has 1 aliphatic heterocycles. The number of methoxy groups -OCH3 is 1. The highest BCUT2D eigenvalue weighted by atomic mass is 19.1. The van der Waals surface area contributed by atoms with Crippen LogP contribution in [-0.4, -0.2) is 33.3 Å². The average molecular weight is 286 g/mol. The average Bonchev–Trinajstić information content (AvgIpc) is 2.55. The summed E-state index contributed by atoms with van der Waals surface area (Å²) in [6.45, 7) is 3.69. The number of ether oxygens (including phenoxy) is 1. The SMILES string of the molecule is COc1ccc(-c2cc(F)cc(N3CCNCC3)c2)cc1. The van der Waals surface area contributed by atoms with Gasteiger partial charge in [-0.25, -0.2) is 4.39 Å². The lowest BCUT2D eigenvalue weighted by Gasteiger charge is -2.29. The summed E-state index contributed by atoms with van der Waals surface area (Å²) in [7, 11) is 1.64. The van der Waals surface area contributed by atoms with E-state index in [4.69, 9.17) is 4.74 Å². The van der Waals surface area contributed by atoms with E-state index < -0.39 is 0 Å². The van der Waals surface area contributed by atoms with Gasteiger partial charge in [0, 0.05) is 31.9 Å². The molecule has 3 nitrogen and oxygen atoms in total. The molecule has 21 heavy (non-hydrogen) atoms. The fraction of sp³-hybridized carbons (Fsp3) is 0.294. The normalized spacial score (nSPS) is 15.0. The molecule has 0 aliphatic carbocycles. The zero-order valence-electron chi connectivity index (χ0n) is 12.1. The van der Waals surface area contributed by atoms with E-state index in [9.17, 15) is 4.39 Å². The second-order valence-corrected chi connectivity index (χ2v) is 5.16. The molecule has 0 unspecified atom stereocenters. The number of piperazine rings is 1. The van der Waals surface area contributed by atoms with Crippen LogP contribution in [0.1, 0.15) is 0 Å². The highest BCUT2D eigenvalue weighted by Gasteiger charge is 2.12. The summed E-state index contributed by atoms with van der Waals surface area (Å²) in [4.78, 5) is 2.21. The molecule has 1 heterocycles. The highest BCUT2D eigenvalue weighted by molar-refractivity contribution is 5.69. The Morgan fingerprint density at radius 2 is 1.71 bits per heavy atom. The number of halogens is 1. The van der Waals surface area contributed by atoms with E-state index >= 15 is 0 Å². The topological polar surface area (TPSA) is 24.5 Å². The molecule has 4 heteroatoms. The van der Waals surface area contributed by atoms with Crippen molar-refractivity contribution in [3.05, 3.63) is 48.3 Å². The quantitative estimate of drug-likeness (QED) is 0.939. The molecule has 2 aromatic rings. The van der Waals surface area contributed by atoms with Gasteiger partial charge in [-0.15, -0.1) is 0 Å². The van der Waals surface area contributed by atoms with E-state index in [1.807, 2.05) is 24.3 Å². The number of hydrogen-bond acceptors (Lipinski definition) is 3. The van der Waals surface area contributed by atoms with E-state index in [1.54, 1.807) is 19.2 Å². The highest BCUT2D eigenvalue weighted by Crippen LogP contribution is 2.28. The predicted octanol–water partition coefficient (Wildman–Crippen LogP) is 2.91. The van der Waals surface area contributed by atoms with Crippen LogP contribution in [0.2, 0.25) is 0 Å². The summed E-state index contributed by atoms with van der Waals surface area (Å²) >= 11 is 0. The van der Waals surface area contributed by atoms with Crippen LogP contribution in [0, 0.1) is 5.82 Å². The van der Waals surface area contributed by atoms with E-state index in [1.165, 1.54) is 0 Å². The third-order valence-corrected chi connectivity index (χ3v) is 3.79. The van der Waals surface area contributed by atoms with Crippen LogP contribution in [0.15, 0.2) is 42.5 Å². The van der Waals surface area contributed by atoms with Gasteiger partial charge in [0.2, 0.25) is 0 Å². The first kappa shape index (κ1) is 13.9. The lowest BCUT2D eigenvalue weighted by atomic mass is 10.0. The summed E-state index contributed by atoms with van der Waals surface area (Å²) in [5.41, 5.74) is 2.83. The van der Waals surface area contributed by atoms with Gasteiger partial charge in [-0.05, 0) is 41.5 Å². The van der Waals surface area contributed by atoms with Crippen LogP contribution in [0.3, 0.4) is 0 Å². The first-order valence-corrected chi connectivity index (χ1v) is 7.17. The molecule has 1 aliphatic rings. The van der Waals surface area contributed by atoms with Crippen molar-refractivity contribution in [3.8, 4) is 16.9 Å². The van der Waals surface area contributed by atoms with Crippen LogP contribution in [0.4, 0.5) is 10.1 Å². The molecular formula is C17H19FN2O. The predicted molar refractivity (Wildman–Crippen MR) is 83.5 cm³/mol. The maximum Gasteiger partial charge on any atom is 0.125 e. The number of benzene rings is 2. The molecule has 0 amide bonds. The van der Waals surface area contributed by atoms with E-state index in [-0.39, 0.29) is 5.82 Å². The minimum absolute atomic E-state index is 0.197. The molecule has 0 aromatic heterocycles. The third kappa shape index (κ3) is 3.16. The molecule has 0 saturated carbocycles. The van der Waals surface area contributed by atoms with Gasteiger partial charge in [0.25, 0.3) is 0 Å². The lowest BCUT2D eigenvalue weighted by Crippen LogP contribution is -2.43. The molecular weight excluding hydrogens is 267 g/mol. The Kier molecular flexibility index (Phi) is 4.06. The van der Waals surface area contributed by atoms with E-state index in [2.05, 4.69) is 16.3 Å². The van der Waals surface area contributed by atoms with Gasteiger partial charge in [-0.2, -0.15) is 0 Å². The fourth-order valence-corrected chi connectivity index (χ4v) is 2.63. The summed E-state index contributed by atoms with van der Waals surface area (Å²) in [6, 6.07) is 12.9. The maximum absolute atomic E-state index is 13.9. The molecule has 3 rings (SSSR count). The van der Waals surface area contributed by atoms with Gasteiger partial charge >= 0.3 is 0 Å². The van der Waals surface area contributed by atoms with Crippen molar-refractivity contribution in [3.63, 3.8) is 0 Å². The van der Waals surface area contributed by atoms with Crippen molar-refractivity contribution in [2.24, 2.45) is 0 Å². The van der Waals surface area contributed by atoms with Crippen LogP contribution < -0.4 is 15.0 Å². The van der Waals surface area contributed by atoms with Crippen molar-refractivity contribution in [2.45, 2.75) is 0 Å². The number of anilines is 1. The molecule has 0 bridgehead atoms. The zero-order chi connectivity index (χ0) is 14.7. The number of rotatable bonds is 3. The summed E-state index contributed by atoms with van der Waals surface area (Å²) in [5, 5.41) is 3.31. The van der Waals surface area contributed by atoms with Gasteiger partial charge < -0.3 is 15.0 Å². The van der Waals surface area contributed by atoms with Gasteiger partial charge in [-0.3, -0.25) is 0 Å². The molecule has 110 valence electrons. The molecule has 1 N–H and O–H groups in total. The van der Waals surface area contributed by atoms with Crippen LogP contribution in [-0.2, 0) is 0 Å². The molecule has 2 aromatic carbocycles. The molecule has 1 fully saturated rings. The molecule has 0 radical (unpaired) electrons. The van der Waals surface area contributed by atoms with Gasteiger partial charge in [0.1, 0.15) is 11.6 Å². The van der Waals surface area contributed by atoms with E-state index in [0.717, 1.165) is 48.7 Å². The van der Waals surface area contributed by atoms with E-state index in [0.29, 0.717) is 0 Å². The van der Waals surface area contributed by atoms with Crippen molar-refractivity contribution < 1.29 is 9.13 Å². The Balaban J connectivity index is 1.92. The van der Waals surface area contributed by atoms with Gasteiger partial charge in [0.15, 0.2) is 0 Å². The zero-order valence-corrected chi connectivity index (χ0v) is 12.1. The molecule has 0 atom stereocenters. The maximum atomic E-state index is 13.9. The van der Waals surface area contributed by atoms with Gasteiger partial charge in [0.05, 0.1) is 7.11 Å². The van der Waals surface area contributed by atoms with Crippen molar-refractivity contribution in [1.82, 2.24) is 5.32 Å². The second-order valence-electron chi connectivity index (χ2n) is 5.16. The Labute approximate surface area is 124 Å². The van der Waals surface area contributed by atoms with Gasteiger partial charge in [-0.1, -0.05) is 12.1 Å². The van der Waals surface area contributed by atoms with Crippen LogP contribution in [0.25, 0.3) is 11.1 Å². The third-order valence-electron chi connectivity index (χ3n) is 3.79. The standard InChI is InChI=1S/C17H19FN2O/c1-21-17-4-2-13(3-5-17)14-10-15(18)12-16(11-14)20-8-6-19-7-9-20/h2-5,10-12,19H,6-9H2,1H3. The number of nitrogens with zero attached hydrogens (tertiary/aromatic N) is 1. The minimum Gasteiger partial charge on any atom is -0.497 e. The largest absolute Gasteiger partial charge is 0.497 e. The van der Waals surface area contributed by atoms with Crippen LogP contribution >= 0.6 is 0 Å². The first-order chi connectivity index (χ1) is 10.3. The summed E-state index contributed by atoms with van der Waals surface area (Å²) in [5.74, 6) is 0.606. The number of nitrogens with one attached hydrogen (secondary N) is 1. The van der Waals surface area contributed by atoms with Crippen molar-refractivity contribution >= 4 is 5.69 Å². The van der Waals surface area contributed by atoms with Crippen molar-refractivity contribution in [2.75, 3.05) is 38.2 Å². The molecule has 0 spiro atoms. The van der Waals surface area contributed by atoms with Crippen LogP contribution in [0.5, 0.6) is 5.75 Å². The molecule has 1 saturated heterocycles. The Morgan fingerprint density at radius 1 is 1.00 bits per heavy atom. The smallest absolute Gasteiger partial charge is 0.125 e. The fourth-order valence-electron chi connectivity index (χ4n) is 2.63. The lowest BCUT2D eigenvalue weighted by molar-refractivity contribution is 0.415. The minimum atomic E-state index is -0.197. The first-order valence-electron chi connectivity index (χ1n) is 7.17. The number of hydrogen-bond donors (Lipinski definition) is 1. The Bertz CT molecular complexity index is 607. The second kappa shape index (κ2) is 6.14. The summed E-state index contributed by atoms with van der Waals surface area (Å²) in [6.07, 6.45) is 0. The monoisotopic (exact) mass is 286 g/mol. The Morgan fingerprint density at radius 3 is 2.38 bits per heavy atom. The Hall–Kier alpha value is -2.07. The summed E-state index contributed by atoms with van der Waals surface area (Å²) < 4.78 is 19.1.